The molecule has 0 bridgehead atoms. The van der Waals surface area contributed by atoms with Crippen LogP contribution in [-0.2, 0) is 6.54 Å². The Morgan fingerprint density at radius 2 is 1.74 bits per heavy atom. The highest BCUT2D eigenvalue weighted by Gasteiger charge is 2.04. The first kappa shape index (κ1) is 15.9. The van der Waals surface area contributed by atoms with Crippen molar-refractivity contribution in [2.24, 2.45) is 5.10 Å². The van der Waals surface area contributed by atoms with Gasteiger partial charge in [0.25, 0.3) is 0 Å². The zero-order chi connectivity index (χ0) is 16.2. The van der Waals surface area contributed by atoms with Crippen LogP contribution < -0.4 is 0 Å². The van der Waals surface area contributed by atoms with Crippen LogP contribution in [0.1, 0.15) is 11.1 Å². The van der Waals surface area contributed by atoms with Crippen molar-refractivity contribution in [3.63, 3.8) is 0 Å². The van der Waals surface area contributed by atoms with Crippen LogP contribution in [-0.4, -0.2) is 20.7 Å². The van der Waals surface area contributed by atoms with E-state index in [0.717, 1.165) is 11.1 Å². The van der Waals surface area contributed by atoms with Gasteiger partial charge in [-0.3, -0.25) is 0 Å². The van der Waals surface area contributed by atoms with Crippen molar-refractivity contribution in [2.45, 2.75) is 6.54 Å². The molecule has 23 heavy (non-hydrogen) atoms. The van der Waals surface area contributed by atoms with Gasteiger partial charge in [0, 0.05) is 15.6 Å². The van der Waals surface area contributed by atoms with Crippen molar-refractivity contribution in [2.75, 3.05) is 0 Å². The molecule has 116 valence electrons. The van der Waals surface area contributed by atoms with Gasteiger partial charge in [-0.25, -0.2) is 4.68 Å². The Balaban J connectivity index is 1.84. The van der Waals surface area contributed by atoms with E-state index < -0.39 is 0 Å². The van der Waals surface area contributed by atoms with Gasteiger partial charge in [-0.1, -0.05) is 59.6 Å². The van der Waals surface area contributed by atoms with Crippen molar-refractivity contribution in [1.29, 1.82) is 0 Å². The summed E-state index contributed by atoms with van der Waals surface area (Å²) in [6.07, 6.45) is 3.21. The lowest BCUT2D eigenvalue weighted by Crippen LogP contribution is -2.03. The fourth-order valence-corrected chi connectivity index (χ4v) is 2.59. The van der Waals surface area contributed by atoms with Crippen molar-refractivity contribution in [1.82, 2.24) is 14.5 Å². The predicted molar refractivity (Wildman–Crippen MR) is 96.0 cm³/mol. The van der Waals surface area contributed by atoms with Crippen molar-refractivity contribution in [3.8, 4) is 0 Å². The second-order valence-corrected chi connectivity index (χ2v) is 5.95. The molecule has 3 rings (SSSR count). The van der Waals surface area contributed by atoms with Crippen molar-refractivity contribution >= 4 is 41.6 Å². The zero-order valence-corrected chi connectivity index (χ0v) is 14.3. The van der Waals surface area contributed by atoms with Crippen molar-refractivity contribution in [3.05, 3.63) is 80.8 Å². The molecule has 0 N–H and O–H groups in total. The van der Waals surface area contributed by atoms with Gasteiger partial charge in [0.05, 0.1) is 12.8 Å². The number of hydrogen-bond donors (Lipinski definition) is 0. The Morgan fingerprint density at radius 3 is 2.48 bits per heavy atom. The summed E-state index contributed by atoms with van der Waals surface area (Å²) >= 11 is 17.7. The predicted octanol–water partition coefficient (Wildman–Crippen LogP) is 4.65. The average Bonchev–Trinajstić information content (AvgIpc) is 2.89. The van der Waals surface area contributed by atoms with Crippen LogP contribution in [0.15, 0.2) is 60.0 Å². The zero-order valence-electron chi connectivity index (χ0n) is 11.9. The van der Waals surface area contributed by atoms with Crippen LogP contribution >= 0.6 is 35.4 Å². The molecule has 0 fully saturated rings. The summed E-state index contributed by atoms with van der Waals surface area (Å²) in [6, 6.07) is 15.0. The molecule has 0 aliphatic rings. The lowest BCUT2D eigenvalue weighted by atomic mass is 10.2. The van der Waals surface area contributed by atoms with Crippen LogP contribution in [0, 0.1) is 4.77 Å². The SMILES string of the molecule is S=c1n(/N=C/c2ccccc2Cl)cnn1Cc1ccccc1Cl. The Morgan fingerprint density at radius 1 is 1.04 bits per heavy atom. The molecule has 0 spiro atoms. The van der Waals surface area contributed by atoms with E-state index in [1.165, 1.54) is 4.68 Å². The molecule has 7 heteroatoms. The van der Waals surface area contributed by atoms with E-state index in [1.54, 1.807) is 17.2 Å². The molecule has 4 nitrogen and oxygen atoms in total. The molecule has 0 saturated heterocycles. The molecule has 0 radical (unpaired) electrons. The summed E-state index contributed by atoms with van der Waals surface area (Å²) in [7, 11) is 0. The number of rotatable bonds is 4. The summed E-state index contributed by atoms with van der Waals surface area (Å²) in [5.74, 6) is 0. The Bertz CT molecular complexity index is 914. The number of halogens is 2. The summed E-state index contributed by atoms with van der Waals surface area (Å²) in [6.45, 7) is 0.493. The summed E-state index contributed by atoms with van der Waals surface area (Å²) in [5.41, 5.74) is 1.76. The fourth-order valence-electron chi connectivity index (χ4n) is 2.01. The number of benzene rings is 2. The lowest BCUT2D eigenvalue weighted by Gasteiger charge is -2.03. The van der Waals surface area contributed by atoms with Gasteiger partial charge in [0.1, 0.15) is 6.33 Å². The topological polar surface area (TPSA) is 35.1 Å². The molecular weight excluding hydrogens is 351 g/mol. The molecule has 0 aliphatic heterocycles. The second kappa shape index (κ2) is 7.08. The third-order valence-corrected chi connectivity index (χ3v) is 4.33. The lowest BCUT2D eigenvalue weighted by molar-refractivity contribution is 0.666. The van der Waals surface area contributed by atoms with E-state index in [1.807, 2.05) is 48.5 Å². The first-order chi connectivity index (χ1) is 11.1. The minimum Gasteiger partial charge on any atom is -0.232 e. The number of hydrogen-bond acceptors (Lipinski definition) is 3. The molecule has 0 amide bonds. The van der Waals surface area contributed by atoms with Crippen LogP contribution in [0.25, 0.3) is 0 Å². The van der Waals surface area contributed by atoms with E-state index in [-0.39, 0.29) is 0 Å². The first-order valence-electron chi connectivity index (χ1n) is 6.82. The summed E-state index contributed by atoms with van der Waals surface area (Å²) in [5, 5.41) is 9.88. The van der Waals surface area contributed by atoms with Crippen LogP contribution in [0.3, 0.4) is 0 Å². The summed E-state index contributed by atoms with van der Waals surface area (Å²) in [4.78, 5) is 0. The quantitative estimate of drug-likeness (QED) is 0.500. The maximum atomic E-state index is 6.17. The van der Waals surface area contributed by atoms with E-state index >= 15 is 0 Å². The molecule has 1 aromatic heterocycles. The molecule has 0 aliphatic carbocycles. The molecule has 0 atom stereocenters. The van der Waals surface area contributed by atoms with Crippen LogP contribution in [0.2, 0.25) is 10.0 Å². The van der Waals surface area contributed by atoms with Crippen LogP contribution in [0.4, 0.5) is 0 Å². The van der Waals surface area contributed by atoms with E-state index in [0.29, 0.717) is 21.4 Å². The fraction of sp³-hybridized carbons (Fsp3) is 0.0625. The van der Waals surface area contributed by atoms with Crippen molar-refractivity contribution < 1.29 is 0 Å². The normalized spacial score (nSPS) is 11.2. The Kier molecular flexibility index (Phi) is 4.91. The average molecular weight is 363 g/mol. The van der Waals surface area contributed by atoms with Crippen LogP contribution in [0.5, 0.6) is 0 Å². The van der Waals surface area contributed by atoms with Gasteiger partial charge >= 0.3 is 0 Å². The second-order valence-electron chi connectivity index (χ2n) is 4.77. The smallest absolute Gasteiger partial charge is 0.219 e. The highest BCUT2D eigenvalue weighted by Crippen LogP contribution is 2.16. The Labute approximate surface area is 148 Å². The van der Waals surface area contributed by atoms with Gasteiger partial charge in [-0.05, 0) is 29.9 Å². The van der Waals surface area contributed by atoms with Gasteiger partial charge in [0.2, 0.25) is 4.77 Å². The van der Waals surface area contributed by atoms with E-state index in [9.17, 15) is 0 Å². The molecular formula is C16H12Cl2N4S. The van der Waals surface area contributed by atoms with Gasteiger partial charge < -0.3 is 0 Å². The molecule has 2 aromatic carbocycles. The number of nitrogens with zero attached hydrogens (tertiary/aromatic N) is 4. The molecule has 3 aromatic rings. The maximum Gasteiger partial charge on any atom is 0.219 e. The maximum absolute atomic E-state index is 6.17. The van der Waals surface area contributed by atoms with E-state index in [2.05, 4.69) is 10.2 Å². The summed E-state index contributed by atoms with van der Waals surface area (Å²) < 4.78 is 3.67. The highest BCUT2D eigenvalue weighted by atomic mass is 35.5. The molecule has 0 saturated carbocycles. The monoisotopic (exact) mass is 362 g/mol. The standard InChI is InChI=1S/C16H12Cl2N4S/c17-14-7-3-1-5-12(14)9-19-22-11-20-21(16(22)23)10-13-6-2-4-8-15(13)18/h1-9,11H,10H2/b19-9+. The third-order valence-electron chi connectivity index (χ3n) is 3.22. The third kappa shape index (κ3) is 3.69. The highest BCUT2D eigenvalue weighted by molar-refractivity contribution is 7.71. The largest absolute Gasteiger partial charge is 0.232 e. The molecule has 1 heterocycles. The minimum atomic E-state index is 0.480. The minimum absolute atomic E-state index is 0.480. The van der Waals surface area contributed by atoms with Gasteiger partial charge in [-0.15, -0.1) is 0 Å². The van der Waals surface area contributed by atoms with Gasteiger partial charge in [-0.2, -0.15) is 14.9 Å². The molecule has 0 unspecified atom stereocenters. The first-order valence-corrected chi connectivity index (χ1v) is 7.98. The van der Waals surface area contributed by atoms with E-state index in [4.69, 9.17) is 35.4 Å². The number of aromatic nitrogens is 3. The van der Waals surface area contributed by atoms with Gasteiger partial charge in [0.15, 0.2) is 0 Å². The Hall–Kier alpha value is -1.95.